The van der Waals surface area contributed by atoms with Gasteiger partial charge in [-0.3, -0.25) is 4.79 Å². The van der Waals surface area contributed by atoms with Crippen molar-refractivity contribution in [3.63, 3.8) is 0 Å². The first-order chi connectivity index (χ1) is 10.1. The van der Waals surface area contributed by atoms with Gasteiger partial charge < -0.3 is 15.6 Å². The molecule has 3 N–H and O–H groups in total. The van der Waals surface area contributed by atoms with Gasteiger partial charge in [0.25, 0.3) is 0 Å². The Morgan fingerprint density at radius 1 is 1.36 bits per heavy atom. The number of carbonyl (C=O) groups is 1. The Hall–Kier alpha value is -1.52. The molecule has 0 spiro atoms. The van der Waals surface area contributed by atoms with E-state index in [0.29, 0.717) is 6.42 Å². The number of nitrogens with two attached hydrogens (primary N) is 1. The van der Waals surface area contributed by atoms with Crippen molar-refractivity contribution in [2.45, 2.75) is 32.2 Å². The molecular formula is C17H24ClN3O. The topological polar surface area (TPSA) is 62.1 Å². The number of nitrogens with one attached hydrogen (secondary N) is 1. The van der Waals surface area contributed by atoms with E-state index in [9.17, 15) is 4.79 Å². The summed E-state index contributed by atoms with van der Waals surface area (Å²) < 4.78 is 0. The zero-order valence-electron chi connectivity index (χ0n) is 12.9. The Balaban J connectivity index is 0.00000176. The molecule has 1 atom stereocenters. The molecule has 1 fully saturated rings. The van der Waals surface area contributed by atoms with Crippen LogP contribution >= 0.6 is 12.4 Å². The number of H-pyrrole nitrogens is 1. The molecule has 1 saturated heterocycles. The molecule has 0 bridgehead atoms. The first-order valence-corrected chi connectivity index (χ1v) is 7.74. The molecule has 5 heteroatoms. The second-order valence-electron chi connectivity index (χ2n) is 6.18. The van der Waals surface area contributed by atoms with Gasteiger partial charge in [0.2, 0.25) is 5.91 Å². The third-order valence-corrected chi connectivity index (χ3v) is 4.53. The van der Waals surface area contributed by atoms with Gasteiger partial charge in [-0.25, -0.2) is 0 Å². The summed E-state index contributed by atoms with van der Waals surface area (Å²) in [5.41, 5.74) is 8.38. The van der Waals surface area contributed by atoms with Gasteiger partial charge >= 0.3 is 0 Å². The maximum atomic E-state index is 12.5. The number of fused-ring (bicyclic) bond motifs is 1. The second-order valence-corrected chi connectivity index (χ2v) is 6.18. The first-order valence-electron chi connectivity index (χ1n) is 7.74. The van der Waals surface area contributed by atoms with Crippen LogP contribution in [0.15, 0.2) is 30.5 Å². The molecule has 2 aromatic rings. The van der Waals surface area contributed by atoms with Gasteiger partial charge in [0.05, 0.1) is 6.04 Å². The van der Waals surface area contributed by atoms with Gasteiger partial charge in [0, 0.05) is 30.2 Å². The van der Waals surface area contributed by atoms with Gasteiger partial charge in [0.1, 0.15) is 0 Å². The van der Waals surface area contributed by atoms with Crippen LogP contribution in [-0.2, 0) is 11.2 Å². The molecular weight excluding hydrogens is 298 g/mol. The van der Waals surface area contributed by atoms with Crippen LogP contribution in [0.5, 0.6) is 0 Å². The van der Waals surface area contributed by atoms with E-state index in [1.54, 1.807) is 0 Å². The second kappa shape index (κ2) is 7.16. The van der Waals surface area contributed by atoms with Crippen molar-refractivity contribution in [2.75, 3.05) is 13.1 Å². The number of aromatic nitrogens is 1. The number of hydrogen-bond donors (Lipinski definition) is 2. The fourth-order valence-corrected chi connectivity index (χ4v) is 3.09. The van der Waals surface area contributed by atoms with Crippen LogP contribution in [0.3, 0.4) is 0 Å². The van der Waals surface area contributed by atoms with E-state index >= 15 is 0 Å². The van der Waals surface area contributed by atoms with Crippen molar-refractivity contribution in [3.8, 4) is 0 Å². The summed E-state index contributed by atoms with van der Waals surface area (Å²) in [5.74, 6) is 0.811. The van der Waals surface area contributed by atoms with Crippen LogP contribution in [0.25, 0.3) is 10.9 Å². The Labute approximate surface area is 137 Å². The number of piperidine rings is 1. The predicted molar refractivity (Wildman–Crippen MR) is 92.2 cm³/mol. The average Bonchev–Trinajstić information content (AvgIpc) is 2.91. The van der Waals surface area contributed by atoms with Crippen molar-refractivity contribution in [2.24, 2.45) is 11.7 Å². The molecule has 0 aliphatic carbocycles. The molecule has 1 amide bonds. The molecule has 4 nitrogen and oxygen atoms in total. The van der Waals surface area contributed by atoms with Gasteiger partial charge in [-0.1, -0.05) is 25.1 Å². The average molecular weight is 322 g/mol. The monoisotopic (exact) mass is 321 g/mol. The minimum Gasteiger partial charge on any atom is -0.361 e. The van der Waals surface area contributed by atoms with Crippen LogP contribution in [-0.4, -0.2) is 34.9 Å². The van der Waals surface area contributed by atoms with E-state index in [1.165, 1.54) is 0 Å². The number of halogens is 1. The third kappa shape index (κ3) is 3.45. The number of benzene rings is 1. The Morgan fingerprint density at radius 3 is 2.77 bits per heavy atom. The van der Waals surface area contributed by atoms with E-state index in [2.05, 4.69) is 18.0 Å². The van der Waals surface area contributed by atoms with E-state index in [4.69, 9.17) is 5.73 Å². The lowest BCUT2D eigenvalue weighted by atomic mass is 9.98. The van der Waals surface area contributed by atoms with Gasteiger partial charge in [-0.15, -0.1) is 12.4 Å². The van der Waals surface area contributed by atoms with Crippen LogP contribution in [0.4, 0.5) is 0 Å². The molecule has 120 valence electrons. The number of carbonyl (C=O) groups excluding carboxylic acids is 1. The summed E-state index contributed by atoms with van der Waals surface area (Å²) >= 11 is 0. The normalized spacial score (nSPS) is 17.3. The first kappa shape index (κ1) is 16.8. The summed E-state index contributed by atoms with van der Waals surface area (Å²) in [6.45, 7) is 3.94. The van der Waals surface area contributed by atoms with Crippen molar-refractivity contribution in [1.82, 2.24) is 9.88 Å². The van der Waals surface area contributed by atoms with Crippen LogP contribution in [0.1, 0.15) is 25.3 Å². The SMILES string of the molecule is CC1CCN(C(=O)[C@@H](N)Cc2c[nH]c3ccccc23)CC1.Cl. The lowest BCUT2D eigenvalue weighted by Gasteiger charge is -2.32. The highest BCUT2D eigenvalue weighted by Crippen LogP contribution is 2.20. The van der Waals surface area contributed by atoms with Crippen molar-refractivity contribution in [1.29, 1.82) is 0 Å². The molecule has 1 aliphatic rings. The van der Waals surface area contributed by atoms with E-state index in [-0.39, 0.29) is 18.3 Å². The van der Waals surface area contributed by atoms with Crippen molar-refractivity contribution < 1.29 is 4.79 Å². The minimum atomic E-state index is -0.447. The number of amides is 1. The predicted octanol–water partition coefficient (Wildman–Crippen LogP) is 2.72. The molecule has 1 aliphatic heterocycles. The van der Waals surface area contributed by atoms with Gasteiger partial charge in [-0.05, 0) is 36.8 Å². The number of aromatic amines is 1. The molecule has 22 heavy (non-hydrogen) atoms. The molecule has 3 rings (SSSR count). The maximum Gasteiger partial charge on any atom is 0.239 e. The van der Waals surface area contributed by atoms with Gasteiger partial charge in [0.15, 0.2) is 0 Å². The molecule has 0 unspecified atom stereocenters. The van der Waals surface area contributed by atoms with E-state index in [0.717, 1.165) is 48.3 Å². The Bertz CT molecular complexity index is 632. The number of para-hydroxylation sites is 1. The fraction of sp³-hybridized carbons (Fsp3) is 0.471. The highest BCUT2D eigenvalue weighted by molar-refractivity contribution is 5.86. The number of nitrogens with zero attached hydrogens (tertiary/aromatic N) is 1. The Morgan fingerprint density at radius 2 is 2.05 bits per heavy atom. The smallest absolute Gasteiger partial charge is 0.239 e. The quantitative estimate of drug-likeness (QED) is 0.913. The highest BCUT2D eigenvalue weighted by Gasteiger charge is 2.25. The molecule has 0 radical (unpaired) electrons. The van der Waals surface area contributed by atoms with Crippen LogP contribution in [0, 0.1) is 5.92 Å². The standard InChI is InChI=1S/C17H23N3O.ClH/c1-12-6-8-20(9-7-12)17(21)15(18)10-13-11-19-16-5-3-2-4-14(13)16;/h2-5,11-12,15,19H,6-10,18H2,1H3;1H/t15-;/m0./s1. The van der Waals surface area contributed by atoms with Gasteiger partial charge in [-0.2, -0.15) is 0 Å². The lowest BCUT2D eigenvalue weighted by molar-refractivity contribution is -0.133. The Kier molecular flexibility index (Phi) is 5.48. The third-order valence-electron chi connectivity index (χ3n) is 4.53. The zero-order valence-corrected chi connectivity index (χ0v) is 13.7. The van der Waals surface area contributed by atoms with E-state index in [1.807, 2.05) is 29.3 Å². The summed E-state index contributed by atoms with van der Waals surface area (Å²) in [6, 6.07) is 7.68. The van der Waals surface area contributed by atoms with Crippen molar-refractivity contribution >= 4 is 29.2 Å². The molecule has 0 saturated carbocycles. The zero-order chi connectivity index (χ0) is 14.8. The largest absolute Gasteiger partial charge is 0.361 e. The van der Waals surface area contributed by atoms with Crippen LogP contribution in [0.2, 0.25) is 0 Å². The maximum absolute atomic E-state index is 12.5. The van der Waals surface area contributed by atoms with Crippen molar-refractivity contribution in [3.05, 3.63) is 36.0 Å². The number of likely N-dealkylation sites (tertiary alicyclic amines) is 1. The summed E-state index contributed by atoms with van der Waals surface area (Å²) in [6.07, 6.45) is 4.74. The number of hydrogen-bond acceptors (Lipinski definition) is 2. The fourth-order valence-electron chi connectivity index (χ4n) is 3.09. The molecule has 1 aromatic carbocycles. The minimum absolute atomic E-state index is 0. The molecule has 2 heterocycles. The summed E-state index contributed by atoms with van der Waals surface area (Å²) in [7, 11) is 0. The summed E-state index contributed by atoms with van der Waals surface area (Å²) in [5, 5.41) is 1.16. The summed E-state index contributed by atoms with van der Waals surface area (Å²) in [4.78, 5) is 17.6. The number of rotatable bonds is 3. The lowest BCUT2D eigenvalue weighted by Crippen LogP contribution is -2.47. The van der Waals surface area contributed by atoms with Crippen LogP contribution < -0.4 is 5.73 Å². The van der Waals surface area contributed by atoms with E-state index < -0.39 is 6.04 Å². The molecule has 1 aromatic heterocycles. The highest BCUT2D eigenvalue weighted by atomic mass is 35.5.